The fraction of sp³-hybridized carbons (Fsp3) is 0.667. The van der Waals surface area contributed by atoms with Gasteiger partial charge in [-0.05, 0) is 25.0 Å². The predicted octanol–water partition coefficient (Wildman–Crippen LogP) is 1.56. The molecule has 3 rings (SSSR count). The average molecular weight is 206 g/mol. The molecule has 0 saturated carbocycles. The highest BCUT2D eigenvalue weighted by Gasteiger charge is 2.49. The van der Waals surface area contributed by atoms with Gasteiger partial charge in [0, 0.05) is 43.5 Å². The Labute approximate surface area is 90.4 Å². The summed E-state index contributed by atoms with van der Waals surface area (Å²) in [5.74, 6) is 0. The van der Waals surface area contributed by atoms with E-state index in [9.17, 15) is 0 Å². The smallest absolute Gasteiger partial charge is 0.0553 e. The van der Waals surface area contributed by atoms with Gasteiger partial charge in [-0.25, -0.2) is 0 Å². The van der Waals surface area contributed by atoms with E-state index in [0.29, 0.717) is 11.5 Å². The van der Waals surface area contributed by atoms with Gasteiger partial charge in [0.2, 0.25) is 0 Å². The molecular weight excluding hydrogens is 188 g/mol. The minimum Gasteiger partial charge on any atom is -0.381 e. The van der Waals surface area contributed by atoms with Gasteiger partial charge in [-0.15, -0.1) is 0 Å². The molecule has 0 aliphatic carbocycles. The Morgan fingerprint density at radius 3 is 3.13 bits per heavy atom. The second kappa shape index (κ2) is 3.35. The Kier molecular flexibility index (Phi) is 2.11. The molecule has 2 aliphatic heterocycles. The molecule has 2 atom stereocenters. The number of hydrogen-bond acceptors (Lipinski definition) is 2. The van der Waals surface area contributed by atoms with Crippen LogP contribution in [0.5, 0.6) is 0 Å². The molecule has 0 bridgehead atoms. The molecular formula is C12H18N2O. The third-order valence-corrected chi connectivity index (χ3v) is 3.88. The molecule has 0 radical (unpaired) electrons. The Morgan fingerprint density at radius 1 is 1.67 bits per heavy atom. The van der Waals surface area contributed by atoms with Crippen molar-refractivity contribution in [1.82, 2.24) is 9.88 Å². The van der Waals surface area contributed by atoms with E-state index in [4.69, 9.17) is 4.74 Å². The van der Waals surface area contributed by atoms with E-state index in [1.165, 1.54) is 12.0 Å². The zero-order valence-corrected chi connectivity index (χ0v) is 9.20. The number of aromatic nitrogens is 1. The quantitative estimate of drug-likeness (QED) is 0.794. The lowest BCUT2D eigenvalue weighted by molar-refractivity contribution is 0.0577. The van der Waals surface area contributed by atoms with E-state index >= 15 is 0 Å². The first kappa shape index (κ1) is 9.43. The molecule has 2 fully saturated rings. The average Bonchev–Trinajstić information content (AvgIpc) is 2.85. The van der Waals surface area contributed by atoms with Gasteiger partial charge in [0.15, 0.2) is 0 Å². The van der Waals surface area contributed by atoms with Crippen LogP contribution in [0.2, 0.25) is 0 Å². The minimum absolute atomic E-state index is 0.403. The summed E-state index contributed by atoms with van der Waals surface area (Å²) in [6.07, 6.45) is 5.64. The maximum atomic E-state index is 5.54. The van der Waals surface area contributed by atoms with E-state index < -0.39 is 0 Å². The zero-order valence-electron chi connectivity index (χ0n) is 9.20. The maximum absolute atomic E-state index is 5.54. The standard InChI is InChI=1S/C12H18N2O/c1-2-14-5-3-10(7-14)11-12(8-13-11)4-6-15-9-12/h3,5,7,11,13H,2,4,6,8-9H2,1H3/t11-,12+/m0/s1. The Balaban J connectivity index is 1.82. The van der Waals surface area contributed by atoms with Crippen molar-refractivity contribution in [3.05, 3.63) is 24.0 Å². The molecule has 2 aliphatic rings. The van der Waals surface area contributed by atoms with Crippen LogP contribution in [-0.4, -0.2) is 24.3 Å². The summed E-state index contributed by atoms with van der Waals surface area (Å²) < 4.78 is 7.78. The van der Waals surface area contributed by atoms with Crippen LogP contribution >= 0.6 is 0 Å². The van der Waals surface area contributed by atoms with Crippen molar-refractivity contribution >= 4 is 0 Å². The van der Waals surface area contributed by atoms with Gasteiger partial charge < -0.3 is 14.6 Å². The molecule has 0 aromatic carbocycles. The van der Waals surface area contributed by atoms with E-state index in [1.807, 2.05) is 0 Å². The highest BCUT2D eigenvalue weighted by molar-refractivity contribution is 5.23. The summed E-state index contributed by atoms with van der Waals surface area (Å²) in [6, 6.07) is 2.76. The van der Waals surface area contributed by atoms with Crippen LogP contribution in [0.1, 0.15) is 24.9 Å². The normalized spacial score (nSPS) is 34.6. The molecule has 0 unspecified atom stereocenters. The monoisotopic (exact) mass is 206 g/mol. The lowest BCUT2D eigenvalue weighted by Gasteiger charge is -2.47. The Bertz CT molecular complexity index is 352. The molecule has 3 heterocycles. The van der Waals surface area contributed by atoms with Crippen molar-refractivity contribution in [1.29, 1.82) is 0 Å². The summed E-state index contributed by atoms with van der Waals surface area (Å²) in [6.45, 7) is 6.21. The molecule has 0 amide bonds. The lowest BCUT2D eigenvalue weighted by Crippen LogP contribution is -2.56. The van der Waals surface area contributed by atoms with Crippen molar-refractivity contribution in [3.63, 3.8) is 0 Å². The first-order valence-electron chi connectivity index (χ1n) is 5.81. The van der Waals surface area contributed by atoms with Crippen molar-refractivity contribution < 1.29 is 4.74 Å². The summed E-state index contributed by atoms with van der Waals surface area (Å²) in [5.41, 5.74) is 1.83. The van der Waals surface area contributed by atoms with Crippen LogP contribution < -0.4 is 5.32 Å². The highest BCUT2D eigenvalue weighted by Crippen LogP contribution is 2.46. The number of hydrogen-bond donors (Lipinski definition) is 1. The molecule has 1 spiro atoms. The molecule has 1 aromatic heterocycles. The fourth-order valence-electron chi connectivity index (χ4n) is 2.78. The van der Waals surface area contributed by atoms with Gasteiger partial charge in [0.05, 0.1) is 6.61 Å². The second-order valence-corrected chi connectivity index (χ2v) is 4.75. The predicted molar refractivity (Wildman–Crippen MR) is 58.7 cm³/mol. The number of rotatable bonds is 2. The number of nitrogens with zero attached hydrogens (tertiary/aromatic N) is 1. The first-order valence-corrected chi connectivity index (χ1v) is 5.81. The number of nitrogens with one attached hydrogen (secondary N) is 1. The van der Waals surface area contributed by atoms with Crippen molar-refractivity contribution in [2.45, 2.75) is 25.9 Å². The van der Waals surface area contributed by atoms with E-state index in [1.54, 1.807) is 0 Å². The zero-order chi connectivity index (χ0) is 10.3. The number of ether oxygens (including phenoxy) is 1. The van der Waals surface area contributed by atoms with E-state index in [-0.39, 0.29) is 0 Å². The van der Waals surface area contributed by atoms with Gasteiger partial charge in [-0.3, -0.25) is 0 Å². The third kappa shape index (κ3) is 1.34. The molecule has 1 N–H and O–H groups in total. The summed E-state index contributed by atoms with van der Waals surface area (Å²) in [5, 5.41) is 3.54. The largest absolute Gasteiger partial charge is 0.381 e. The van der Waals surface area contributed by atoms with Gasteiger partial charge in [-0.1, -0.05) is 0 Å². The fourth-order valence-corrected chi connectivity index (χ4v) is 2.78. The first-order chi connectivity index (χ1) is 7.34. The summed E-state index contributed by atoms with van der Waals surface area (Å²) in [7, 11) is 0. The summed E-state index contributed by atoms with van der Waals surface area (Å²) in [4.78, 5) is 0. The van der Waals surface area contributed by atoms with Gasteiger partial charge in [-0.2, -0.15) is 0 Å². The van der Waals surface area contributed by atoms with Crippen LogP contribution in [0, 0.1) is 5.41 Å². The van der Waals surface area contributed by atoms with Gasteiger partial charge >= 0.3 is 0 Å². The lowest BCUT2D eigenvalue weighted by atomic mass is 9.71. The highest BCUT2D eigenvalue weighted by atomic mass is 16.5. The van der Waals surface area contributed by atoms with E-state index in [0.717, 1.165) is 26.3 Å². The molecule has 82 valence electrons. The van der Waals surface area contributed by atoms with Crippen LogP contribution in [0.3, 0.4) is 0 Å². The van der Waals surface area contributed by atoms with Crippen LogP contribution in [-0.2, 0) is 11.3 Å². The number of aryl methyl sites for hydroxylation is 1. The molecule has 3 nitrogen and oxygen atoms in total. The van der Waals surface area contributed by atoms with E-state index in [2.05, 4.69) is 35.3 Å². The van der Waals surface area contributed by atoms with Crippen molar-refractivity contribution in [2.75, 3.05) is 19.8 Å². The van der Waals surface area contributed by atoms with Crippen LogP contribution in [0.15, 0.2) is 18.5 Å². The van der Waals surface area contributed by atoms with Gasteiger partial charge in [0.1, 0.15) is 0 Å². The maximum Gasteiger partial charge on any atom is 0.0553 e. The Hall–Kier alpha value is -0.800. The van der Waals surface area contributed by atoms with Crippen molar-refractivity contribution in [2.24, 2.45) is 5.41 Å². The second-order valence-electron chi connectivity index (χ2n) is 4.75. The molecule has 15 heavy (non-hydrogen) atoms. The van der Waals surface area contributed by atoms with Crippen LogP contribution in [0.4, 0.5) is 0 Å². The minimum atomic E-state index is 0.403. The summed E-state index contributed by atoms with van der Waals surface area (Å²) >= 11 is 0. The topological polar surface area (TPSA) is 26.2 Å². The molecule has 2 saturated heterocycles. The molecule has 1 aromatic rings. The third-order valence-electron chi connectivity index (χ3n) is 3.88. The van der Waals surface area contributed by atoms with Crippen LogP contribution in [0.25, 0.3) is 0 Å². The van der Waals surface area contributed by atoms with Crippen molar-refractivity contribution in [3.8, 4) is 0 Å². The Morgan fingerprint density at radius 2 is 2.60 bits per heavy atom. The SMILES string of the molecule is CCn1ccc([C@@H]2NC[C@@]23CCOC3)c1. The molecule has 3 heteroatoms. The van der Waals surface area contributed by atoms with Gasteiger partial charge in [0.25, 0.3) is 0 Å².